The molecule has 0 fully saturated rings. The van der Waals surface area contributed by atoms with Gasteiger partial charge in [0.05, 0.1) is 0 Å². The van der Waals surface area contributed by atoms with Gasteiger partial charge in [0.15, 0.2) is 5.62 Å². The van der Waals surface area contributed by atoms with Crippen LogP contribution < -0.4 is 17.0 Å². The van der Waals surface area contributed by atoms with Gasteiger partial charge in [0, 0.05) is 26.5 Å². The molecule has 0 radical (unpaired) electrons. The Morgan fingerprint density at radius 2 is 1.56 bits per heavy atom. The van der Waals surface area contributed by atoms with Gasteiger partial charge in [0.25, 0.3) is 0 Å². The first-order valence-corrected chi connectivity index (χ1v) is 2.92. The van der Waals surface area contributed by atoms with Crippen molar-refractivity contribution >= 4 is 11.6 Å². The quantitative estimate of drug-likeness (QED) is 0.334. The molecule has 0 spiro atoms. The molecule has 54 valence electrons. The molecule has 2 nitrogen and oxygen atoms in total. The maximum Gasteiger partial charge on any atom is 0.179 e. The lowest BCUT2D eigenvalue weighted by molar-refractivity contribution is -0.00000166. The Morgan fingerprint density at radius 1 is 1.22 bits per heavy atom. The van der Waals surface area contributed by atoms with Crippen molar-refractivity contribution < 1.29 is 17.0 Å². The molecule has 4 heteroatoms. The zero-order chi connectivity index (χ0) is 6.15. The lowest BCUT2D eigenvalue weighted by Crippen LogP contribution is -3.00. The summed E-state index contributed by atoms with van der Waals surface area (Å²) in [5.74, 6) is 0. The topological polar surface area (TPSA) is 6.48 Å². The summed E-state index contributed by atoms with van der Waals surface area (Å²) in [5, 5.41) is 0. The Balaban J connectivity index is 0.000000640. The van der Waals surface area contributed by atoms with Crippen LogP contribution in [-0.4, -0.2) is 29.5 Å². The fourth-order valence-corrected chi connectivity index (χ4v) is 0.770. The van der Waals surface area contributed by atoms with Gasteiger partial charge in [-0.05, 0) is 0 Å². The maximum absolute atomic E-state index is 5.80. The van der Waals surface area contributed by atoms with Gasteiger partial charge in [0.1, 0.15) is 0 Å². The SMILES string of the molecule is CN1C=CN(C)C1Cl.[Br-]. The minimum absolute atomic E-state index is 0. The Morgan fingerprint density at radius 3 is 1.67 bits per heavy atom. The van der Waals surface area contributed by atoms with Crippen LogP contribution >= 0.6 is 11.6 Å². The zero-order valence-corrected chi connectivity index (χ0v) is 7.72. The molecule has 0 atom stereocenters. The fourth-order valence-electron chi connectivity index (χ4n) is 0.640. The first-order chi connectivity index (χ1) is 3.72. The van der Waals surface area contributed by atoms with Crippen LogP contribution in [0.3, 0.4) is 0 Å². The molecule has 1 aliphatic heterocycles. The van der Waals surface area contributed by atoms with Gasteiger partial charge < -0.3 is 26.8 Å². The van der Waals surface area contributed by atoms with Crippen molar-refractivity contribution in [3.63, 3.8) is 0 Å². The van der Waals surface area contributed by atoms with Crippen LogP contribution in [-0.2, 0) is 0 Å². The highest BCUT2D eigenvalue weighted by molar-refractivity contribution is 6.20. The number of hydrogen-bond acceptors (Lipinski definition) is 2. The Bertz CT molecular complexity index is 106. The van der Waals surface area contributed by atoms with Gasteiger partial charge >= 0.3 is 0 Å². The number of hydrogen-bond donors (Lipinski definition) is 0. The summed E-state index contributed by atoms with van der Waals surface area (Å²) in [6, 6.07) is 0. The molecule has 1 aliphatic rings. The van der Waals surface area contributed by atoms with Crippen LogP contribution in [0.1, 0.15) is 0 Å². The second-order valence-corrected chi connectivity index (χ2v) is 2.33. The van der Waals surface area contributed by atoms with Crippen molar-refractivity contribution in [1.82, 2.24) is 9.80 Å². The smallest absolute Gasteiger partial charge is 0.179 e. The second-order valence-electron chi connectivity index (χ2n) is 1.94. The third kappa shape index (κ3) is 1.76. The molecule has 0 aromatic rings. The van der Waals surface area contributed by atoms with E-state index in [2.05, 4.69) is 0 Å². The monoisotopic (exact) mass is 211 g/mol. The van der Waals surface area contributed by atoms with Crippen molar-refractivity contribution in [3.8, 4) is 0 Å². The van der Waals surface area contributed by atoms with E-state index in [1.165, 1.54) is 0 Å². The van der Waals surface area contributed by atoms with Crippen LogP contribution in [0, 0.1) is 0 Å². The predicted molar refractivity (Wildman–Crippen MR) is 34.3 cm³/mol. The van der Waals surface area contributed by atoms with Crippen molar-refractivity contribution in [3.05, 3.63) is 12.4 Å². The summed E-state index contributed by atoms with van der Waals surface area (Å²) >= 11 is 5.80. The first kappa shape index (κ1) is 9.11. The number of halogens is 2. The highest BCUT2D eigenvalue weighted by Gasteiger charge is 2.15. The molecular weight excluding hydrogens is 203 g/mol. The molecule has 0 aliphatic carbocycles. The molecule has 0 amide bonds. The summed E-state index contributed by atoms with van der Waals surface area (Å²) in [6.45, 7) is 0. The van der Waals surface area contributed by atoms with Crippen LogP contribution in [0.2, 0.25) is 0 Å². The van der Waals surface area contributed by atoms with Crippen molar-refractivity contribution in [1.29, 1.82) is 0 Å². The zero-order valence-electron chi connectivity index (χ0n) is 5.38. The predicted octanol–water partition coefficient (Wildman–Crippen LogP) is -2.14. The minimum atomic E-state index is 0. The molecule has 1 rings (SSSR count). The van der Waals surface area contributed by atoms with E-state index in [4.69, 9.17) is 11.6 Å². The van der Waals surface area contributed by atoms with E-state index in [-0.39, 0.29) is 22.6 Å². The Labute approximate surface area is 70.8 Å². The van der Waals surface area contributed by atoms with E-state index < -0.39 is 0 Å². The van der Waals surface area contributed by atoms with Crippen molar-refractivity contribution in [2.45, 2.75) is 5.62 Å². The third-order valence-electron chi connectivity index (χ3n) is 1.21. The minimum Gasteiger partial charge on any atom is -1.00 e. The first-order valence-electron chi connectivity index (χ1n) is 2.48. The van der Waals surface area contributed by atoms with E-state index in [0.29, 0.717) is 0 Å². The van der Waals surface area contributed by atoms with Gasteiger partial charge in [-0.15, -0.1) is 0 Å². The standard InChI is InChI=1S/C5H9ClN2.BrH/c1-7-3-4-8(2)5(7)6;/h3-5H,1-2H3;1H/p-1. The summed E-state index contributed by atoms with van der Waals surface area (Å²) in [6.07, 6.45) is 3.88. The van der Waals surface area contributed by atoms with Crippen molar-refractivity contribution in [2.75, 3.05) is 14.1 Å². The molecular formula is C5H9BrClN2-. The lowest BCUT2D eigenvalue weighted by Gasteiger charge is -2.19. The maximum atomic E-state index is 5.80. The average molecular weight is 212 g/mol. The summed E-state index contributed by atoms with van der Waals surface area (Å²) in [4.78, 5) is 3.86. The van der Waals surface area contributed by atoms with E-state index in [1.54, 1.807) is 0 Å². The largest absolute Gasteiger partial charge is 1.00 e. The molecule has 0 saturated carbocycles. The normalized spacial score (nSPS) is 18.6. The van der Waals surface area contributed by atoms with Gasteiger partial charge in [-0.25, -0.2) is 0 Å². The van der Waals surface area contributed by atoms with Gasteiger partial charge in [-0.3, -0.25) is 0 Å². The Hall–Kier alpha value is 0.110. The van der Waals surface area contributed by atoms with Gasteiger partial charge in [-0.2, -0.15) is 0 Å². The highest BCUT2D eigenvalue weighted by Crippen LogP contribution is 2.13. The Kier molecular flexibility index (Phi) is 3.36. The molecule has 0 bridgehead atoms. The summed E-state index contributed by atoms with van der Waals surface area (Å²) in [5.41, 5.74) is 0.00926. The second kappa shape index (κ2) is 3.32. The van der Waals surface area contributed by atoms with Gasteiger partial charge in [-0.1, -0.05) is 11.6 Å². The van der Waals surface area contributed by atoms with Crippen molar-refractivity contribution in [2.24, 2.45) is 0 Å². The summed E-state index contributed by atoms with van der Waals surface area (Å²) in [7, 11) is 3.88. The fraction of sp³-hybridized carbons (Fsp3) is 0.600. The molecule has 1 heterocycles. The van der Waals surface area contributed by atoms with E-state index in [9.17, 15) is 0 Å². The lowest BCUT2D eigenvalue weighted by atomic mass is 10.8. The third-order valence-corrected chi connectivity index (χ3v) is 1.82. The molecule has 0 N–H and O–H groups in total. The van der Waals surface area contributed by atoms with E-state index in [0.717, 1.165) is 0 Å². The molecule has 9 heavy (non-hydrogen) atoms. The van der Waals surface area contributed by atoms with Crippen LogP contribution in [0.4, 0.5) is 0 Å². The molecule has 0 unspecified atom stereocenters. The highest BCUT2D eigenvalue weighted by atomic mass is 79.9. The van der Waals surface area contributed by atoms with E-state index >= 15 is 0 Å². The molecule has 0 saturated heterocycles. The van der Waals surface area contributed by atoms with E-state index in [1.807, 2.05) is 36.3 Å². The van der Waals surface area contributed by atoms with Crippen LogP contribution in [0.15, 0.2) is 12.4 Å². The van der Waals surface area contributed by atoms with Crippen LogP contribution in [0.25, 0.3) is 0 Å². The van der Waals surface area contributed by atoms with Gasteiger partial charge in [0.2, 0.25) is 0 Å². The molecule has 0 aromatic heterocycles. The number of nitrogens with zero attached hydrogens (tertiary/aromatic N) is 2. The molecule has 0 aromatic carbocycles. The number of rotatable bonds is 0. The average Bonchev–Trinajstić information content (AvgIpc) is 1.98. The van der Waals surface area contributed by atoms with Crippen LogP contribution in [0.5, 0.6) is 0 Å². The summed E-state index contributed by atoms with van der Waals surface area (Å²) < 4.78 is 0. The number of alkyl halides is 1.